The number of aromatic amines is 1. The SMILES string of the molecule is Clc1nc(SCc2ccccc2Cl)c2cn[nH]c2n1. The molecule has 0 atom stereocenters. The van der Waals surface area contributed by atoms with Gasteiger partial charge < -0.3 is 0 Å². The lowest BCUT2D eigenvalue weighted by atomic mass is 10.2. The Hall–Kier alpha value is -1.30. The lowest BCUT2D eigenvalue weighted by Crippen LogP contribution is -1.89. The van der Waals surface area contributed by atoms with Crippen molar-refractivity contribution < 1.29 is 0 Å². The average Bonchev–Trinajstić information content (AvgIpc) is 2.85. The van der Waals surface area contributed by atoms with E-state index in [2.05, 4.69) is 20.2 Å². The number of fused-ring (bicyclic) bond motifs is 1. The second-order valence-electron chi connectivity index (χ2n) is 3.81. The predicted molar refractivity (Wildman–Crippen MR) is 77.7 cm³/mol. The highest BCUT2D eigenvalue weighted by Crippen LogP contribution is 2.30. The summed E-state index contributed by atoms with van der Waals surface area (Å²) in [5, 5.41) is 9.35. The average molecular weight is 311 g/mol. The quantitative estimate of drug-likeness (QED) is 0.452. The number of hydrogen-bond donors (Lipinski definition) is 1. The van der Waals surface area contributed by atoms with Gasteiger partial charge in [0.05, 0.1) is 11.6 Å². The highest BCUT2D eigenvalue weighted by Gasteiger charge is 2.10. The van der Waals surface area contributed by atoms with Crippen molar-refractivity contribution in [2.45, 2.75) is 10.8 Å². The molecule has 0 bridgehead atoms. The Balaban J connectivity index is 1.90. The topological polar surface area (TPSA) is 54.5 Å². The summed E-state index contributed by atoms with van der Waals surface area (Å²) in [6.45, 7) is 0. The van der Waals surface area contributed by atoms with Crippen molar-refractivity contribution in [3.8, 4) is 0 Å². The number of halogens is 2. The van der Waals surface area contributed by atoms with E-state index in [9.17, 15) is 0 Å². The van der Waals surface area contributed by atoms with Gasteiger partial charge in [-0.05, 0) is 23.2 Å². The first-order valence-electron chi connectivity index (χ1n) is 5.47. The zero-order valence-electron chi connectivity index (χ0n) is 9.60. The van der Waals surface area contributed by atoms with Crippen molar-refractivity contribution in [1.82, 2.24) is 20.2 Å². The monoisotopic (exact) mass is 310 g/mol. The van der Waals surface area contributed by atoms with E-state index in [1.807, 2.05) is 24.3 Å². The molecule has 19 heavy (non-hydrogen) atoms. The molecule has 0 fully saturated rings. The van der Waals surface area contributed by atoms with Gasteiger partial charge in [-0.3, -0.25) is 5.10 Å². The van der Waals surface area contributed by atoms with E-state index in [-0.39, 0.29) is 5.28 Å². The van der Waals surface area contributed by atoms with Crippen LogP contribution in [-0.2, 0) is 5.75 Å². The molecule has 0 radical (unpaired) electrons. The fraction of sp³-hybridized carbons (Fsp3) is 0.0833. The van der Waals surface area contributed by atoms with Crippen LogP contribution in [0.3, 0.4) is 0 Å². The molecular formula is C12H8Cl2N4S. The number of rotatable bonds is 3. The number of hydrogen-bond acceptors (Lipinski definition) is 4. The Bertz CT molecular complexity index is 729. The molecule has 1 N–H and O–H groups in total. The van der Waals surface area contributed by atoms with E-state index < -0.39 is 0 Å². The van der Waals surface area contributed by atoms with Crippen LogP contribution in [0.1, 0.15) is 5.56 Å². The summed E-state index contributed by atoms with van der Waals surface area (Å²) in [5.41, 5.74) is 1.70. The third-order valence-electron chi connectivity index (χ3n) is 2.57. The van der Waals surface area contributed by atoms with Crippen molar-refractivity contribution in [2.24, 2.45) is 0 Å². The highest BCUT2D eigenvalue weighted by atomic mass is 35.5. The minimum absolute atomic E-state index is 0.207. The van der Waals surface area contributed by atoms with Crippen molar-refractivity contribution >= 4 is 46.0 Å². The van der Waals surface area contributed by atoms with E-state index in [4.69, 9.17) is 23.2 Å². The van der Waals surface area contributed by atoms with Crippen LogP contribution in [0, 0.1) is 0 Å². The maximum atomic E-state index is 6.13. The van der Waals surface area contributed by atoms with Gasteiger partial charge in [0, 0.05) is 10.8 Å². The molecule has 0 amide bonds. The van der Waals surface area contributed by atoms with Crippen LogP contribution in [0.25, 0.3) is 11.0 Å². The zero-order chi connectivity index (χ0) is 13.2. The molecule has 96 valence electrons. The van der Waals surface area contributed by atoms with Gasteiger partial charge in [0.25, 0.3) is 0 Å². The summed E-state index contributed by atoms with van der Waals surface area (Å²) in [7, 11) is 0. The minimum Gasteiger partial charge on any atom is -0.261 e. The van der Waals surface area contributed by atoms with Gasteiger partial charge in [-0.25, -0.2) is 4.98 Å². The first-order valence-corrected chi connectivity index (χ1v) is 7.21. The first-order chi connectivity index (χ1) is 9.24. The van der Waals surface area contributed by atoms with Crippen LogP contribution >= 0.6 is 35.0 Å². The molecular weight excluding hydrogens is 303 g/mol. The third kappa shape index (κ3) is 2.68. The number of nitrogens with zero attached hydrogens (tertiary/aromatic N) is 3. The van der Waals surface area contributed by atoms with Crippen LogP contribution in [-0.4, -0.2) is 20.2 Å². The maximum Gasteiger partial charge on any atom is 0.225 e. The summed E-state index contributed by atoms with van der Waals surface area (Å²) in [4.78, 5) is 8.30. The van der Waals surface area contributed by atoms with Crippen LogP contribution in [0.4, 0.5) is 0 Å². The number of nitrogens with one attached hydrogen (secondary N) is 1. The van der Waals surface area contributed by atoms with Gasteiger partial charge in [0.1, 0.15) is 5.03 Å². The standard InChI is InChI=1S/C12H8Cl2N4S/c13-9-4-2-1-3-7(9)6-19-11-8-5-15-18-10(8)16-12(14)17-11/h1-5H,6H2,(H,15,16,17,18). The molecule has 2 heterocycles. The Kier molecular flexibility index (Phi) is 3.59. The number of thioether (sulfide) groups is 1. The van der Waals surface area contributed by atoms with E-state index in [1.165, 1.54) is 0 Å². The molecule has 0 aliphatic carbocycles. The minimum atomic E-state index is 0.207. The van der Waals surface area contributed by atoms with Crippen molar-refractivity contribution in [2.75, 3.05) is 0 Å². The van der Waals surface area contributed by atoms with Gasteiger partial charge >= 0.3 is 0 Å². The van der Waals surface area contributed by atoms with E-state index in [0.717, 1.165) is 21.0 Å². The molecule has 2 aromatic heterocycles. The lowest BCUT2D eigenvalue weighted by molar-refractivity contribution is 1.07. The normalized spacial score (nSPS) is 11.1. The van der Waals surface area contributed by atoms with Crippen LogP contribution in [0.2, 0.25) is 10.3 Å². The van der Waals surface area contributed by atoms with Gasteiger partial charge in [0.2, 0.25) is 5.28 Å². The molecule has 0 saturated heterocycles. The second-order valence-corrected chi connectivity index (χ2v) is 5.52. The molecule has 3 aromatic rings. The number of H-pyrrole nitrogens is 1. The molecule has 1 aromatic carbocycles. The van der Waals surface area contributed by atoms with Gasteiger partial charge in [-0.1, -0.05) is 29.8 Å². The summed E-state index contributed by atoms with van der Waals surface area (Å²) in [5.74, 6) is 0.716. The van der Waals surface area contributed by atoms with Crippen molar-refractivity contribution in [3.05, 3.63) is 46.3 Å². The summed E-state index contributed by atoms with van der Waals surface area (Å²) in [6, 6.07) is 7.73. The maximum absolute atomic E-state index is 6.13. The van der Waals surface area contributed by atoms with Crippen LogP contribution in [0.15, 0.2) is 35.5 Å². The molecule has 0 spiro atoms. The smallest absolute Gasteiger partial charge is 0.225 e. The Morgan fingerprint density at radius 2 is 2.00 bits per heavy atom. The third-order valence-corrected chi connectivity index (χ3v) is 4.15. The first kappa shape index (κ1) is 12.7. The molecule has 0 aliphatic heterocycles. The van der Waals surface area contributed by atoms with Gasteiger partial charge in [-0.2, -0.15) is 10.1 Å². The van der Waals surface area contributed by atoms with Crippen LogP contribution < -0.4 is 0 Å². The van der Waals surface area contributed by atoms with Gasteiger partial charge in [-0.15, -0.1) is 11.8 Å². The number of aromatic nitrogens is 4. The molecule has 3 rings (SSSR count). The Morgan fingerprint density at radius 1 is 1.16 bits per heavy atom. The van der Waals surface area contributed by atoms with E-state index >= 15 is 0 Å². The summed E-state index contributed by atoms with van der Waals surface area (Å²) >= 11 is 13.6. The van der Waals surface area contributed by atoms with E-state index in [1.54, 1.807) is 18.0 Å². The fourth-order valence-corrected chi connectivity index (χ4v) is 3.15. The second kappa shape index (κ2) is 5.36. The zero-order valence-corrected chi connectivity index (χ0v) is 11.9. The molecule has 7 heteroatoms. The molecule has 4 nitrogen and oxygen atoms in total. The van der Waals surface area contributed by atoms with E-state index in [0.29, 0.717) is 11.4 Å². The van der Waals surface area contributed by atoms with Gasteiger partial charge in [0.15, 0.2) is 5.65 Å². The van der Waals surface area contributed by atoms with Crippen molar-refractivity contribution in [3.63, 3.8) is 0 Å². The predicted octanol–water partition coefficient (Wildman–Crippen LogP) is 3.95. The molecule has 0 aliphatic rings. The Labute approximate surface area is 123 Å². The molecule has 0 saturated carbocycles. The summed E-state index contributed by atoms with van der Waals surface area (Å²) in [6.07, 6.45) is 1.70. The lowest BCUT2D eigenvalue weighted by Gasteiger charge is -2.04. The fourth-order valence-electron chi connectivity index (χ4n) is 1.65. The van der Waals surface area contributed by atoms with Crippen molar-refractivity contribution in [1.29, 1.82) is 0 Å². The summed E-state index contributed by atoms with van der Waals surface area (Å²) < 4.78 is 0. The largest absolute Gasteiger partial charge is 0.261 e. The number of benzene rings is 1. The van der Waals surface area contributed by atoms with Crippen LogP contribution in [0.5, 0.6) is 0 Å². The highest BCUT2D eigenvalue weighted by molar-refractivity contribution is 7.98. The Morgan fingerprint density at radius 3 is 2.84 bits per heavy atom. The molecule has 0 unspecified atom stereocenters.